The molecule has 2 aromatic rings. The summed E-state index contributed by atoms with van der Waals surface area (Å²) in [6.45, 7) is 0. The highest BCUT2D eigenvalue weighted by Crippen LogP contribution is 2.17. The molecule has 0 fully saturated rings. The smallest absolute Gasteiger partial charge is 0.176 e. The number of pyridine rings is 1. The van der Waals surface area contributed by atoms with Gasteiger partial charge < -0.3 is 5.11 Å². The number of aryl methyl sites for hydroxylation is 1. The lowest BCUT2D eigenvalue weighted by atomic mass is 10.2. The molecule has 0 radical (unpaired) electrons. The van der Waals surface area contributed by atoms with E-state index in [-0.39, 0.29) is 0 Å². The number of benzene rings is 1. The summed E-state index contributed by atoms with van der Waals surface area (Å²) in [6, 6.07) is 7.34. The van der Waals surface area contributed by atoms with Crippen molar-refractivity contribution in [1.29, 1.82) is 0 Å². The maximum atomic E-state index is 9.19. The fourth-order valence-electron chi connectivity index (χ4n) is 1.28. The molecule has 0 bridgehead atoms. The van der Waals surface area contributed by atoms with E-state index < -0.39 is 0 Å². The van der Waals surface area contributed by atoms with Crippen LogP contribution in [0.3, 0.4) is 0 Å². The van der Waals surface area contributed by atoms with Crippen molar-refractivity contribution < 1.29 is 9.67 Å². The summed E-state index contributed by atoms with van der Waals surface area (Å²) in [5.74, 6) is 0.316. The van der Waals surface area contributed by atoms with Crippen molar-refractivity contribution in [1.82, 2.24) is 0 Å². The van der Waals surface area contributed by atoms with E-state index in [1.54, 1.807) is 12.1 Å². The summed E-state index contributed by atoms with van der Waals surface area (Å²) < 4.78 is 1.99. The summed E-state index contributed by atoms with van der Waals surface area (Å²) in [5, 5.41) is 11.4. The monoisotopic (exact) mass is 160 g/mol. The van der Waals surface area contributed by atoms with Crippen LogP contribution in [0.2, 0.25) is 0 Å². The quantitative estimate of drug-likeness (QED) is 0.578. The van der Waals surface area contributed by atoms with Gasteiger partial charge in [0.05, 0.1) is 0 Å². The first kappa shape index (κ1) is 7.10. The SMILES string of the molecule is C[n+]1ccc2cc(O)ccc2c1. The van der Waals surface area contributed by atoms with Crippen LogP contribution in [0.15, 0.2) is 36.7 Å². The first-order valence-electron chi connectivity index (χ1n) is 3.84. The summed E-state index contributed by atoms with van der Waals surface area (Å²) in [6.07, 6.45) is 3.98. The van der Waals surface area contributed by atoms with Gasteiger partial charge in [-0.05, 0) is 23.6 Å². The zero-order chi connectivity index (χ0) is 8.55. The van der Waals surface area contributed by atoms with Gasteiger partial charge in [0.15, 0.2) is 12.4 Å². The highest BCUT2D eigenvalue weighted by atomic mass is 16.3. The van der Waals surface area contributed by atoms with Crippen molar-refractivity contribution in [3.8, 4) is 5.75 Å². The number of aromatic nitrogens is 1. The van der Waals surface area contributed by atoms with E-state index in [1.165, 1.54) is 0 Å². The third kappa shape index (κ3) is 1.11. The molecule has 0 amide bonds. The Kier molecular flexibility index (Phi) is 1.47. The largest absolute Gasteiger partial charge is 0.508 e. The summed E-state index contributed by atoms with van der Waals surface area (Å²) in [4.78, 5) is 0. The number of aromatic hydroxyl groups is 1. The molecule has 0 unspecified atom stereocenters. The molecule has 0 aliphatic rings. The van der Waals surface area contributed by atoms with Gasteiger partial charge in [0.25, 0.3) is 0 Å². The Labute approximate surface area is 70.7 Å². The average molecular weight is 160 g/mol. The molecule has 1 aromatic carbocycles. The van der Waals surface area contributed by atoms with E-state index in [2.05, 4.69) is 0 Å². The Morgan fingerprint density at radius 3 is 2.83 bits per heavy atom. The van der Waals surface area contributed by atoms with Crippen LogP contribution in [-0.2, 0) is 7.05 Å². The molecule has 2 nitrogen and oxygen atoms in total. The zero-order valence-electron chi connectivity index (χ0n) is 6.86. The Morgan fingerprint density at radius 2 is 2.00 bits per heavy atom. The first-order chi connectivity index (χ1) is 5.75. The highest BCUT2D eigenvalue weighted by Gasteiger charge is 1.98. The van der Waals surface area contributed by atoms with Gasteiger partial charge in [0, 0.05) is 11.5 Å². The Balaban J connectivity index is 2.79. The van der Waals surface area contributed by atoms with Crippen molar-refractivity contribution in [3.63, 3.8) is 0 Å². The van der Waals surface area contributed by atoms with Crippen LogP contribution in [0, 0.1) is 0 Å². The topological polar surface area (TPSA) is 24.1 Å². The number of hydrogen-bond donors (Lipinski definition) is 1. The van der Waals surface area contributed by atoms with E-state index in [4.69, 9.17) is 0 Å². The molecular formula is C10H10NO+. The Hall–Kier alpha value is -1.57. The van der Waals surface area contributed by atoms with Crippen molar-refractivity contribution in [3.05, 3.63) is 36.7 Å². The molecule has 1 aromatic heterocycles. The highest BCUT2D eigenvalue weighted by molar-refractivity contribution is 5.81. The molecule has 12 heavy (non-hydrogen) atoms. The maximum absolute atomic E-state index is 9.19. The first-order valence-corrected chi connectivity index (χ1v) is 3.84. The van der Waals surface area contributed by atoms with Gasteiger partial charge in [-0.1, -0.05) is 0 Å². The molecule has 1 heterocycles. The van der Waals surface area contributed by atoms with Gasteiger partial charge in [0.2, 0.25) is 0 Å². The lowest BCUT2D eigenvalue weighted by Crippen LogP contribution is -2.25. The van der Waals surface area contributed by atoms with Crippen LogP contribution in [0.5, 0.6) is 5.75 Å². The number of phenolic OH excluding ortho intramolecular Hbond substituents is 1. The number of phenols is 1. The van der Waals surface area contributed by atoms with Gasteiger partial charge in [-0.2, -0.15) is 0 Å². The number of hydrogen-bond acceptors (Lipinski definition) is 1. The summed E-state index contributed by atoms with van der Waals surface area (Å²) in [7, 11) is 1.98. The minimum absolute atomic E-state index is 0.316. The van der Waals surface area contributed by atoms with Crippen molar-refractivity contribution in [2.75, 3.05) is 0 Å². The zero-order valence-corrected chi connectivity index (χ0v) is 6.86. The molecular weight excluding hydrogens is 150 g/mol. The van der Waals surface area contributed by atoms with Gasteiger partial charge in [-0.3, -0.25) is 0 Å². The fourth-order valence-corrected chi connectivity index (χ4v) is 1.28. The van der Waals surface area contributed by atoms with E-state index in [1.807, 2.05) is 36.1 Å². The van der Waals surface area contributed by atoms with Crippen LogP contribution in [0.25, 0.3) is 10.8 Å². The van der Waals surface area contributed by atoms with Crippen molar-refractivity contribution in [2.24, 2.45) is 7.05 Å². The molecule has 0 saturated carbocycles. The van der Waals surface area contributed by atoms with E-state index in [0.29, 0.717) is 5.75 Å². The molecule has 1 N–H and O–H groups in total. The van der Waals surface area contributed by atoms with Gasteiger partial charge in [0.1, 0.15) is 12.8 Å². The van der Waals surface area contributed by atoms with E-state index in [0.717, 1.165) is 10.8 Å². The van der Waals surface area contributed by atoms with Crippen molar-refractivity contribution >= 4 is 10.8 Å². The fraction of sp³-hybridized carbons (Fsp3) is 0.100. The minimum atomic E-state index is 0.316. The molecule has 0 saturated heterocycles. The predicted octanol–water partition coefficient (Wildman–Crippen LogP) is 1.37. The maximum Gasteiger partial charge on any atom is 0.176 e. The van der Waals surface area contributed by atoms with Crippen LogP contribution in [0.4, 0.5) is 0 Å². The van der Waals surface area contributed by atoms with Crippen molar-refractivity contribution in [2.45, 2.75) is 0 Å². The second kappa shape index (κ2) is 2.48. The molecule has 0 atom stereocenters. The lowest BCUT2D eigenvalue weighted by Gasteiger charge is -1.95. The van der Waals surface area contributed by atoms with Crippen LogP contribution < -0.4 is 4.57 Å². The lowest BCUT2D eigenvalue weighted by molar-refractivity contribution is -0.670. The average Bonchev–Trinajstić information content (AvgIpc) is 2.05. The third-order valence-corrected chi connectivity index (χ3v) is 1.90. The Morgan fingerprint density at radius 1 is 1.17 bits per heavy atom. The van der Waals surface area contributed by atoms with Crippen LogP contribution in [-0.4, -0.2) is 5.11 Å². The van der Waals surface area contributed by atoms with Crippen LogP contribution in [0.1, 0.15) is 0 Å². The van der Waals surface area contributed by atoms with Gasteiger partial charge in [-0.15, -0.1) is 0 Å². The van der Waals surface area contributed by atoms with E-state index in [9.17, 15) is 5.11 Å². The van der Waals surface area contributed by atoms with Gasteiger partial charge >= 0.3 is 0 Å². The predicted molar refractivity (Wildman–Crippen MR) is 46.8 cm³/mol. The summed E-state index contributed by atoms with van der Waals surface area (Å²) >= 11 is 0. The molecule has 2 heteroatoms. The number of rotatable bonds is 0. The standard InChI is InChI=1S/C10H9NO/c1-11-5-4-8-6-10(12)3-2-9(8)7-11/h2-7H,1H3/p+1. The normalized spacial score (nSPS) is 10.4. The molecule has 60 valence electrons. The van der Waals surface area contributed by atoms with Crippen LogP contribution >= 0.6 is 0 Å². The molecule has 0 aliphatic heterocycles. The third-order valence-electron chi connectivity index (χ3n) is 1.90. The molecule has 0 aliphatic carbocycles. The molecule has 2 rings (SSSR count). The minimum Gasteiger partial charge on any atom is -0.508 e. The van der Waals surface area contributed by atoms with E-state index >= 15 is 0 Å². The number of fused-ring (bicyclic) bond motifs is 1. The second-order valence-corrected chi connectivity index (χ2v) is 2.92. The summed E-state index contributed by atoms with van der Waals surface area (Å²) in [5.41, 5.74) is 0. The van der Waals surface area contributed by atoms with Gasteiger partial charge in [-0.25, -0.2) is 4.57 Å². The Bertz CT molecular complexity index is 382. The molecule has 0 spiro atoms. The number of nitrogens with zero attached hydrogens (tertiary/aromatic N) is 1. The second-order valence-electron chi connectivity index (χ2n) is 2.92.